The van der Waals surface area contributed by atoms with Crippen LogP contribution in [0.15, 0.2) is 24.4 Å². The van der Waals surface area contributed by atoms with Crippen molar-refractivity contribution in [3.8, 4) is 0 Å². The Labute approximate surface area is 147 Å². The number of aromatic amines is 1. The molecule has 0 saturated carbocycles. The van der Waals surface area contributed by atoms with E-state index < -0.39 is 0 Å². The largest absolute Gasteiger partial charge is 0.461 e. The average Bonchev–Trinajstić information content (AvgIpc) is 2.96. The number of nitrogens with zero attached hydrogens (tertiary/aromatic N) is 1. The third kappa shape index (κ3) is 3.65. The molecular weight excluding hydrogens is 316 g/mol. The van der Waals surface area contributed by atoms with Crippen molar-refractivity contribution in [2.45, 2.75) is 51.9 Å². The number of hydrogen-bond donors (Lipinski definition) is 1. The summed E-state index contributed by atoms with van der Waals surface area (Å²) in [5.41, 5.74) is 3.52. The molecule has 0 radical (unpaired) electrons. The first-order valence-electron chi connectivity index (χ1n) is 8.94. The van der Waals surface area contributed by atoms with Crippen LogP contribution >= 0.6 is 0 Å². The highest BCUT2D eigenvalue weighted by Crippen LogP contribution is 2.34. The van der Waals surface area contributed by atoms with Crippen LogP contribution in [-0.4, -0.2) is 28.3 Å². The van der Waals surface area contributed by atoms with E-state index in [0.717, 1.165) is 30.7 Å². The van der Waals surface area contributed by atoms with Crippen molar-refractivity contribution in [2.24, 2.45) is 0 Å². The van der Waals surface area contributed by atoms with Gasteiger partial charge in [0.15, 0.2) is 5.78 Å². The van der Waals surface area contributed by atoms with E-state index >= 15 is 0 Å². The number of H-pyrrole nitrogens is 1. The number of fused-ring (bicyclic) bond motifs is 1. The number of carbonyl (C=O) groups is 2. The number of carbonyl (C=O) groups excluding carboxylic acids is 2. The van der Waals surface area contributed by atoms with E-state index in [-0.39, 0.29) is 17.7 Å². The summed E-state index contributed by atoms with van der Waals surface area (Å²) in [5.74, 6) is -0.256. The van der Waals surface area contributed by atoms with Gasteiger partial charge in [-0.3, -0.25) is 9.78 Å². The molecule has 2 aromatic rings. The Balaban J connectivity index is 1.78. The number of ether oxygens (including phenoxy) is 1. The molecule has 5 heteroatoms. The second-order valence-corrected chi connectivity index (χ2v) is 6.60. The number of Topliss-reactive ketones (excluding diaryl/α,β-unsaturated/α-hetero) is 1. The first kappa shape index (κ1) is 17.4. The van der Waals surface area contributed by atoms with E-state index in [1.807, 2.05) is 25.1 Å². The molecule has 0 aromatic carbocycles. The molecule has 5 nitrogen and oxygen atoms in total. The van der Waals surface area contributed by atoms with Gasteiger partial charge in [-0.15, -0.1) is 0 Å². The topological polar surface area (TPSA) is 72.1 Å². The number of hydrogen-bond acceptors (Lipinski definition) is 4. The van der Waals surface area contributed by atoms with Gasteiger partial charge in [-0.2, -0.15) is 0 Å². The van der Waals surface area contributed by atoms with Crippen molar-refractivity contribution in [3.05, 3.63) is 52.6 Å². The zero-order valence-electron chi connectivity index (χ0n) is 14.8. The quantitative estimate of drug-likeness (QED) is 0.638. The van der Waals surface area contributed by atoms with Gasteiger partial charge >= 0.3 is 5.97 Å². The molecule has 25 heavy (non-hydrogen) atoms. The lowest BCUT2D eigenvalue weighted by atomic mass is 9.83. The maximum Gasteiger partial charge on any atom is 0.355 e. The second-order valence-electron chi connectivity index (χ2n) is 6.60. The molecule has 1 unspecified atom stereocenters. The van der Waals surface area contributed by atoms with E-state index in [9.17, 15) is 9.59 Å². The molecular formula is C20H24N2O3. The fourth-order valence-corrected chi connectivity index (χ4v) is 3.45. The van der Waals surface area contributed by atoms with E-state index in [0.29, 0.717) is 36.3 Å². The van der Waals surface area contributed by atoms with Crippen molar-refractivity contribution >= 4 is 11.8 Å². The number of esters is 1. The van der Waals surface area contributed by atoms with Crippen LogP contribution in [0.4, 0.5) is 0 Å². The average molecular weight is 340 g/mol. The highest BCUT2D eigenvalue weighted by molar-refractivity contribution is 6.03. The summed E-state index contributed by atoms with van der Waals surface area (Å²) in [4.78, 5) is 32.5. The highest BCUT2D eigenvalue weighted by atomic mass is 16.5. The number of unbranched alkanes of at least 4 members (excludes halogenated alkanes) is 2. The van der Waals surface area contributed by atoms with Crippen LogP contribution < -0.4 is 0 Å². The highest BCUT2D eigenvalue weighted by Gasteiger charge is 2.32. The molecule has 1 N–H and O–H groups in total. The maximum absolute atomic E-state index is 12.6. The lowest BCUT2D eigenvalue weighted by molar-refractivity contribution is 0.0491. The van der Waals surface area contributed by atoms with E-state index in [4.69, 9.17) is 4.74 Å². The first-order chi connectivity index (χ1) is 12.1. The van der Waals surface area contributed by atoms with E-state index in [1.54, 1.807) is 6.20 Å². The summed E-state index contributed by atoms with van der Waals surface area (Å²) >= 11 is 0. The molecule has 132 valence electrons. The van der Waals surface area contributed by atoms with Gasteiger partial charge in [0, 0.05) is 35.5 Å². The number of rotatable bonds is 6. The fourth-order valence-electron chi connectivity index (χ4n) is 3.45. The van der Waals surface area contributed by atoms with Crippen molar-refractivity contribution in [3.63, 3.8) is 0 Å². The minimum absolute atomic E-state index is 0.0488. The molecule has 3 rings (SSSR count). The van der Waals surface area contributed by atoms with Gasteiger partial charge in [0.05, 0.1) is 6.61 Å². The van der Waals surface area contributed by atoms with E-state index in [1.165, 1.54) is 0 Å². The van der Waals surface area contributed by atoms with Gasteiger partial charge in [0.2, 0.25) is 0 Å². The van der Waals surface area contributed by atoms with Crippen LogP contribution in [0.25, 0.3) is 0 Å². The summed E-state index contributed by atoms with van der Waals surface area (Å²) in [6.07, 6.45) is 5.83. The van der Waals surface area contributed by atoms with Gasteiger partial charge in [-0.1, -0.05) is 25.8 Å². The zero-order valence-corrected chi connectivity index (χ0v) is 14.8. The van der Waals surface area contributed by atoms with Crippen LogP contribution in [0.2, 0.25) is 0 Å². The van der Waals surface area contributed by atoms with Crippen LogP contribution in [0.5, 0.6) is 0 Å². The summed E-state index contributed by atoms with van der Waals surface area (Å²) in [6.45, 7) is 4.34. The number of pyridine rings is 1. The zero-order chi connectivity index (χ0) is 17.8. The van der Waals surface area contributed by atoms with Gasteiger partial charge in [0.1, 0.15) is 5.69 Å². The Hall–Kier alpha value is -2.43. The van der Waals surface area contributed by atoms with Crippen molar-refractivity contribution in [1.29, 1.82) is 0 Å². The number of nitrogens with one attached hydrogen (secondary N) is 1. The molecule has 1 aliphatic rings. The number of ketones is 1. The van der Waals surface area contributed by atoms with Crippen LogP contribution in [0.1, 0.15) is 76.3 Å². The first-order valence-corrected chi connectivity index (χ1v) is 8.94. The third-order valence-corrected chi connectivity index (χ3v) is 4.78. The molecule has 0 amide bonds. The summed E-state index contributed by atoms with van der Waals surface area (Å²) in [6, 6.07) is 5.74. The summed E-state index contributed by atoms with van der Waals surface area (Å²) in [7, 11) is 0. The molecule has 2 heterocycles. The predicted octanol–water partition coefficient (Wildman–Crippen LogP) is 3.98. The van der Waals surface area contributed by atoms with Crippen LogP contribution in [0, 0.1) is 6.92 Å². The number of aromatic nitrogens is 2. The molecule has 0 fully saturated rings. The minimum Gasteiger partial charge on any atom is -0.461 e. The van der Waals surface area contributed by atoms with Crippen molar-refractivity contribution in [1.82, 2.24) is 9.97 Å². The SMILES string of the molecule is CCCCCOC(=O)c1[nH]c2c(c1C)C(=O)CC(c1ccccn1)C2. The summed E-state index contributed by atoms with van der Waals surface area (Å²) in [5, 5.41) is 0. The molecule has 0 spiro atoms. The molecule has 0 saturated heterocycles. The second kappa shape index (κ2) is 7.64. The Morgan fingerprint density at radius 3 is 2.88 bits per heavy atom. The van der Waals surface area contributed by atoms with Gasteiger partial charge in [-0.05, 0) is 37.5 Å². The molecule has 0 aliphatic heterocycles. The van der Waals surface area contributed by atoms with Crippen LogP contribution in [0.3, 0.4) is 0 Å². The normalized spacial score (nSPS) is 16.6. The summed E-state index contributed by atoms with van der Waals surface area (Å²) < 4.78 is 5.34. The Kier molecular flexibility index (Phi) is 5.31. The standard InChI is InChI=1S/C20H24N2O3/c1-3-4-7-10-25-20(24)19-13(2)18-16(22-19)11-14(12-17(18)23)15-8-5-6-9-21-15/h5-6,8-9,14,22H,3-4,7,10-12H2,1-2H3. The molecule has 0 bridgehead atoms. The monoisotopic (exact) mass is 340 g/mol. The predicted molar refractivity (Wildman–Crippen MR) is 95.0 cm³/mol. The Bertz CT molecular complexity index is 765. The lowest BCUT2D eigenvalue weighted by Gasteiger charge is -2.21. The van der Waals surface area contributed by atoms with Gasteiger partial charge < -0.3 is 9.72 Å². The maximum atomic E-state index is 12.6. The van der Waals surface area contributed by atoms with Crippen LogP contribution in [-0.2, 0) is 11.2 Å². The Morgan fingerprint density at radius 1 is 1.32 bits per heavy atom. The molecule has 1 atom stereocenters. The van der Waals surface area contributed by atoms with E-state index in [2.05, 4.69) is 16.9 Å². The lowest BCUT2D eigenvalue weighted by Crippen LogP contribution is -2.19. The molecule has 2 aromatic heterocycles. The van der Waals surface area contributed by atoms with Gasteiger partial charge in [0.25, 0.3) is 0 Å². The minimum atomic E-state index is -0.370. The molecule has 1 aliphatic carbocycles. The fraction of sp³-hybridized carbons (Fsp3) is 0.450. The Morgan fingerprint density at radius 2 is 2.16 bits per heavy atom. The third-order valence-electron chi connectivity index (χ3n) is 4.78. The van der Waals surface area contributed by atoms with Crippen molar-refractivity contribution < 1.29 is 14.3 Å². The van der Waals surface area contributed by atoms with Crippen molar-refractivity contribution in [2.75, 3.05) is 6.61 Å². The van der Waals surface area contributed by atoms with Gasteiger partial charge in [-0.25, -0.2) is 4.79 Å². The smallest absolute Gasteiger partial charge is 0.355 e.